The summed E-state index contributed by atoms with van der Waals surface area (Å²) in [5.74, 6) is 0. The lowest BCUT2D eigenvalue weighted by atomic mass is 9.97. The van der Waals surface area contributed by atoms with Crippen LogP contribution in [0.1, 0.15) is 57.6 Å². The van der Waals surface area contributed by atoms with E-state index in [0.29, 0.717) is 19.1 Å². The summed E-state index contributed by atoms with van der Waals surface area (Å²) in [6, 6.07) is 39.5. The molecule has 346 valence electrons. The van der Waals surface area contributed by atoms with Crippen LogP contribution < -0.4 is 10.6 Å². The number of hydrogen-bond donors (Lipinski definition) is 2. The van der Waals surface area contributed by atoms with E-state index in [1.54, 1.807) is 0 Å². The van der Waals surface area contributed by atoms with Gasteiger partial charge in [-0.15, -0.1) is 59.6 Å². The van der Waals surface area contributed by atoms with E-state index in [2.05, 4.69) is 105 Å². The maximum Gasteiger partial charge on any atom is 0.407 e. The fourth-order valence-electron chi connectivity index (χ4n) is 7.84. The predicted octanol–water partition coefficient (Wildman–Crippen LogP) is 16.9. The average molecular weight is 971 g/mol. The van der Waals surface area contributed by atoms with E-state index in [9.17, 15) is 9.59 Å². The third-order valence-corrected chi connectivity index (χ3v) is 18.5. The minimum Gasteiger partial charge on any atom is -0.445 e. The number of amides is 2. The third kappa shape index (κ3) is 17.8. The zero-order valence-corrected chi connectivity index (χ0v) is 41.5. The van der Waals surface area contributed by atoms with Crippen LogP contribution in [0.25, 0.3) is 43.1 Å². The van der Waals surface area contributed by atoms with E-state index in [1.165, 1.54) is 6.04 Å². The van der Waals surface area contributed by atoms with Gasteiger partial charge in [0, 0.05) is 24.2 Å². The quantitative estimate of drug-likeness (QED) is 0.0248. The Morgan fingerprint density at radius 3 is 1.17 bits per heavy atom. The molecule has 2 amide bonds. The average Bonchev–Trinajstić information content (AvgIpc) is 3.29. The van der Waals surface area contributed by atoms with Gasteiger partial charge >= 0.3 is 18.2 Å². The van der Waals surface area contributed by atoms with Crippen LogP contribution >= 0.6 is 33.2 Å². The molecule has 0 fully saturated rings. The van der Waals surface area contributed by atoms with Crippen molar-refractivity contribution in [2.45, 2.75) is 89.9 Å². The van der Waals surface area contributed by atoms with E-state index in [0.717, 1.165) is 104 Å². The first-order chi connectivity index (χ1) is 31.0. The van der Waals surface area contributed by atoms with Crippen LogP contribution in [0, 0.1) is 0 Å². The monoisotopic (exact) mass is 968 g/mol. The number of hydrogen-bond acceptors (Lipinski definition) is 4. The lowest BCUT2D eigenvalue weighted by molar-refractivity contribution is 0.139. The number of unbranched alkanes of at least 4 members (excludes halogenated alkanes) is 2. The smallest absolute Gasteiger partial charge is 0.407 e. The molecule has 0 aromatic heterocycles. The molecule has 0 aliphatic carbocycles. The largest absolute Gasteiger partial charge is 0.445 e. The van der Waals surface area contributed by atoms with Crippen LogP contribution in [-0.4, -0.2) is 39.4 Å². The van der Waals surface area contributed by atoms with Gasteiger partial charge in [0.1, 0.15) is 13.2 Å². The number of rotatable bonds is 21. The topological polar surface area (TPSA) is 76.7 Å². The van der Waals surface area contributed by atoms with Gasteiger partial charge in [0.25, 0.3) is 0 Å². The second-order valence-corrected chi connectivity index (χ2v) is 29.8. The second-order valence-electron chi connectivity index (χ2n) is 15.8. The van der Waals surface area contributed by atoms with Crippen LogP contribution in [0.4, 0.5) is 9.59 Å². The highest BCUT2D eigenvalue weighted by Crippen LogP contribution is 2.32. The number of benzene rings is 6. The van der Waals surface area contributed by atoms with Gasteiger partial charge in [-0.25, -0.2) is 9.59 Å². The Morgan fingerprint density at radius 1 is 0.538 bits per heavy atom. The molecule has 2 N–H and O–H groups in total. The highest BCUT2D eigenvalue weighted by Gasteiger charge is 2.28. The summed E-state index contributed by atoms with van der Waals surface area (Å²) < 4.78 is 11.1. The standard InChI is InChI=1S/C29H35NO2Si.C20H20Cl3NO2Si.C4H8.CH4/c1-4-18-33(19-5-2,20-6-3)21-12-11-17-30-29(31)32-23-28-26-15-9-7-13-24(26)22-25-14-8-10-16-27(25)28;21-27(22,23)12-6-5-11-24-20(25)26-14-19-17-9-3-1-7-15(17)13-16-8-2-4-10-18(16)19;1-3-4-2;/h4-10,13-16,22H,1-3,11-12,17-21,23H2,(H,30,31);1-4,7-10,13H,5-6,11-12,14H2,(H,24,25);3H,1,4H2,2H3;1H4. The molecule has 0 saturated heterocycles. The van der Waals surface area contributed by atoms with Gasteiger partial charge in [-0.2, -0.15) is 0 Å². The van der Waals surface area contributed by atoms with Crippen molar-refractivity contribution < 1.29 is 19.1 Å². The van der Waals surface area contributed by atoms with Crippen molar-refractivity contribution in [3.63, 3.8) is 0 Å². The van der Waals surface area contributed by atoms with Gasteiger partial charge in [-0.1, -0.05) is 155 Å². The Balaban J connectivity index is 0.000000319. The maximum absolute atomic E-state index is 12.4. The SMILES string of the molecule is C.C=CCC.C=CC[Si](CC=C)(CC=C)CCCCNC(=O)OCc1c2ccccc2cc2ccccc12.O=C(NCCCC[Si](Cl)(Cl)Cl)OCc1c2ccccc2cc2ccccc12. The molecule has 0 saturated carbocycles. The number of halogens is 3. The molecule has 0 radical (unpaired) electrons. The van der Waals surface area contributed by atoms with Crippen molar-refractivity contribution in [1.29, 1.82) is 0 Å². The van der Waals surface area contributed by atoms with Crippen LogP contribution in [0.2, 0.25) is 30.2 Å². The summed E-state index contributed by atoms with van der Waals surface area (Å²) >= 11 is 17.5. The van der Waals surface area contributed by atoms with Gasteiger partial charge in [0.15, 0.2) is 0 Å². The number of ether oxygens (including phenoxy) is 2. The number of carbonyl (C=O) groups excluding carboxylic acids is 2. The van der Waals surface area contributed by atoms with Crippen molar-refractivity contribution in [1.82, 2.24) is 10.6 Å². The summed E-state index contributed by atoms with van der Waals surface area (Å²) in [7, 11) is -1.48. The summed E-state index contributed by atoms with van der Waals surface area (Å²) in [6.07, 6.45) is 11.9. The Bertz CT molecular complexity index is 2340. The predicted molar refractivity (Wildman–Crippen MR) is 289 cm³/mol. The molecule has 65 heavy (non-hydrogen) atoms. The fourth-order valence-corrected chi connectivity index (χ4v) is 13.6. The van der Waals surface area contributed by atoms with E-state index in [1.807, 2.05) is 72.8 Å². The first-order valence-electron chi connectivity index (χ1n) is 22.1. The minimum atomic E-state index is -2.57. The van der Waals surface area contributed by atoms with Crippen molar-refractivity contribution >= 4 is 103 Å². The van der Waals surface area contributed by atoms with Gasteiger partial charge in [-0.05, 0) is 98.7 Å². The molecule has 0 bridgehead atoms. The minimum absolute atomic E-state index is 0. The summed E-state index contributed by atoms with van der Waals surface area (Å²) in [5.41, 5.74) is 2.06. The van der Waals surface area contributed by atoms with Crippen molar-refractivity contribution in [2.75, 3.05) is 13.1 Å². The molecule has 0 aliphatic rings. The lowest BCUT2D eigenvalue weighted by Gasteiger charge is -2.28. The molecule has 0 aliphatic heterocycles. The molecular weight excluding hydrogens is 903 g/mol. The third-order valence-electron chi connectivity index (χ3n) is 11.0. The highest BCUT2D eigenvalue weighted by atomic mass is 35.8. The van der Waals surface area contributed by atoms with Crippen LogP contribution in [0.3, 0.4) is 0 Å². The van der Waals surface area contributed by atoms with Gasteiger partial charge < -0.3 is 20.1 Å². The number of fused-ring (bicyclic) bond motifs is 4. The molecule has 6 nitrogen and oxygen atoms in total. The molecule has 0 unspecified atom stereocenters. The van der Waals surface area contributed by atoms with Crippen molar-refractivity contribution in [2.24, 2.45) is 0 Å². The summed E-state index contributed by atoms with van der Waals surface area (Å²) in [4.78, 5) is 24.4. The second kappa shape index (κ2) is 28.9. The summed E-state index contributed by atoms with van der Waals surface area (Å²) in [6.45, 7) is 19.0. The van der Waals surface area contributed by atoms with Gasteiger partial charge in [-0.3, -0.25) is 0 Å². The molecule has 0 heterocycles. The van der Waals surface area contributed by atoms with E-state index < -0.39 is 20.2 Å². The zero-order chi connectivity index (χ0) is 46.2. The molecular formula is C54H67Cl3N2O4Si2. The zero-order valence-electron chi connectivity index (χ0n) is 37.2. The van der Waals surface area contributed by atoms with Crippen molar-refractivity contribution in [3.05, 3.63) is 171 Å². The molecule has 6 aromatic carbocycles. The highest BCUT2D eigenvalue weighted by molar-refractivity contribution is 7.64. The molecule has 11 heteroatoms. The Morgan fingerprint density at radius 2 is 0.862 bits per heavy atom. The van der Waals surface area contributed by atoms with E-state index >= 15 is 0 Å². The molecule has 6 aromatic rings. The van der Waals surface area contributed by atoms with Gasteiger partial charge in [0.2, 0.25) is 0 Å². The van der Waals surface area contributed by atoms with Crippen LogP contribution in [0.15, 0.2) is 160 Å². The Kier molecular flexibility index (Phi) is 24.3. The van der Waals surface area contributed by atoms with Crippen LogP contribution in [-0.2, 0) is 22.7 Å². The Hall–Kier alpha value is -4.84. The van der Waals surface area contributed by atoms with Crippen LogP contribution in [0.5, 0.6) is 0 Å². The molecule has 0 atom stereocenters. The summed E-state index contributed by atoms with van der Waals surface area (Å²) in [5, 5.41) is 14.7. The number of alkyl carbamates (subject to hydrolysis) is 2. The molecule has 0 spiro atoms. The molecule has 6 rings (SSSR count). The lowest BCUT2D eigenvalue weighted by Crippen LogP contribution is -2.32. The van der Waals surface area contributed by atoms with Crippen molar-refractivity contribution in [3.8, 4) is 0 Å². The van der Waals surface area contributed by atoms with E-state index in [4.69, 9.17) is 42.7 Å². The van der Waals surface area contributed by atoms with E-state index in [-0.39, 0.29) is 26.7 Å². The fraction of sp³-hybridized carbons (Fsp3) is 0.296. The maximum atomic E-state index is 12.4. The first kappa shape index (κ1) is 54.5. The Labute approximate surface area is 403 Å². The van der Waals surface area contributed by atoms with Gasteiger partial charge in [0.05, 0.1) is 8.07 Å². The number of nitrogens with one attached hydrogen (secondary N) is 2. The number of carbonyl (C=O) groups is 2. The first-order valence-corrected chi connectivity index (χ1v) is 30.2. The normalized spacial score (nSPS) is 11.0. The number of allylic oxidation sites excluding steroid dienone is 4.